The predicted molar refractivity (Wildman–Crippen MR) is 80.9 cm³/mol. The van der Waals surface area contributed by atoms with Crippen LogP contribution in [-0.4, -0.2) is 28.6 Å². The summed E-state index contributed by atoms with van der Waals surface area (Å²) < 4.78 is 0. The molecule has 6 heteroatoms. The van der Waals surface area contributed by atoms with E-state index in [0.29, 0.717) is 0 Å². The molecule has 122 valence electrons. The molecule has 1 unspecified atom stereocenters. The topological polar surface area (TPSA) is 95.5 Å². The highest BCUT2D eigenvalue weighted by molar-refractivity contribution is 5.94. The minimum absolute atomic E-state index is 0.0133. The molecule has 21 heavy (non-hydrogen) atoms. The number of carbonyl (C=O) groups excluding carboxylic acids is 2. The fourth-order valence-electron chi connectivity index (χ4n) is 2.57. The average Bonchev–Trinajstić information content (AvgIpc) is 2.07. The lowest BCUT2D eigenvalue weighted by molar-refractivity contribution is -0.138. The Hall–Kier alpha value is -1.59. The van der Waals surface area contributed by atoms with Gasteiger partial charge in [0.25, 0.3) is 0 Å². The average molecular weight is 300 g/mol. The second-order valence-electron chi connectivity index (χ2n) is 7.53. The van der Waals surface area contributed by atoms with Gasteiger partial charge in [0.2, 0.25) is 5.91 Å². The molecule has 3 amide bonds. The molecular formula is C15H28N2O4. The molecule has 0 aliphatic carbocycles. The Bertz CT molecular complexity index is 397. The predicted octanol–water partition coefficient (Wildman–Crippen LogP) is 2.53. The van der Waals surface area contributed by atoms with Crippen molar-refractivity contribution in [2.75, 3.05) is 0 Å². The van der Waals surface area contributed by atoms with Crippen LogP contribution in [0, 0.1) is 11.3 Å². The van der Waals surface area contributed by atoms with E-state index in [-0.39, 0.29) is 24.2 Å². The number of carboxylic acid groups (broad SMARTS) is 1. The zero-order valence-corrected chi connectivity index (χ0v) is 13.9. The summed E-state index contributed by atoms with van der Waals surface area (Å²) in [6, 6.07) is -0.545. The van der Waals surface area contributed by atoms with Gasteiger partial charge in [0.15, 0.2) is 0 Å². The molecule has 0 aromatic carbocycles. The molecule has 0 aromatic heterocycles. The van der Waals surface area contributed by atoms with Crippen LogP contribution in [0.2, 0.25) is 0 Å². The quantitative estimate of drug-likeness (QED) is 0.702. The first-order valence-electron chi connectivity index (χ1n) is 7.14. The molecule has 0 rings (SSSR count). The lowest BCUT2D eigenvalue weighted by Crippen LogP contribution is -2.51. The van der Waals surface area contributed by atoms with Crippen LogP contribution in [0.3, 0.4) is 0 Å². The Morgan fingerprint density at radius 2 is 1.57 bits per heavy atom. The molecule has 1 atom stereocenters. The van der Waals surface area contributed by atoms with Crippen molar-refractivity contribution in [3.05, 3.63) is 0 Å². The molecule has 0 saturated carbocycles. The zero-order chi connectivity index (χ0) is 16.8. The van der Waals surface area contributed by atoms with E-state index in [1.165, 1.54) is 0 Å². The van der Waals surface area contributed by atoms with Gasteiger partial charge in [0, 0.05) is 18.4 Å². The fourth-order valence-corrected chi connectivity index (χ4v) is 2.57. The van der Waals surface area contributed by atoms with Crippen LogP contribution >= 0.6 is 0 Å². The Kier molecular flexibility index (Phi) is 6.86. The van der Waals surface area contributed by atoms with Gasteiger partial charge in [-0.2, -0.15) is 0 Å². The van der Waals surface area contributed by atoms with E-state index < -0.39 is 23.4 Å². The van der Waals surface area contributed by atoms with Gasteiger partial charge < -0.3 is 10.4 Å². The van der Waals surface area contributed by atoms with Gasteiger partial charge in [0.1, 0.15) is 0 Å². The molecule has 0 fully saturated rings. The smallest absolute Gasteiger partial charge is 0.321 e. The fraction of sp³-hybridized carbons (Fsp3) is 0.800. The van der Waals surface area contributed by atoms with E-state index in [1.54, 1.807) is 6.92 Å². The summed E-state index contributed by atoms with van der Waals surface area (Å²) in [6.07, 6.45) is 0.682. The lowest BCUT2D eigenvalue weighted by Gasteiger charge is -2.33. The molecule has 6 nitrogen and oxygen atoms in total. The summed E-state index contributed by atoms with van der Waals surface area (Å²) in [4.78, 5) is 34.0. The van der Waals surface area contributed by atoms with E-state index in [4.69, 9.17) is 5.11 Å². The van der Waals surface area contributed by atoms with Gasteiger partial charge in [-0.05, 0) is 31.6 Å². The summed E-state index contributed by atoms with van der Waals surface area (Å²) in [5, 5.41) is 13.6. The van der Waals surface area contributed by atoms with Crippen molar-refractivity contribution in [3.63, 3.8) is 0 Å². The van der Waals surface area contributed by atoms with Crippen LogP contribution in [0.5, 0.6) is 0 Å². The van der Waals surface area contributed by atoms with Gasteiger partial charge in [-0.1, -0.05) is 27.7 Å². The van der Waals surface area contributed by atoms with Crippen LogP contribution in [0.25, 0.3) is 0 Å². The highest BCUT2D eigenvalue weighted by Gasteiger charge is 2.27. The lowest BCUT2D eigenvalue weighted by atomic mass is 9.82. The number of hydrogen-bond donors (Lipinski definition) is 3. The number of rotatable bonds is 6. The molecule has 0 saturated heterocycles. The van der Waals surface area contributed by atoms with Crippen molar-refractivity contribution in [2.45, 2.75) is 66.3 Å². The van der Waals surface area contributed by atoms with Gasteiger partial charge >= 0.3 is 12.0 Å². The van der Waals surface area contributed by atoms with Crippen molar-refractivity contribution in [1.82, 2.24) is 10.6 Å². The van der Waals surface area contributed by atoms with E-state index in [9.17, 15) is 14.4 Å². The first-order valence-corrected chi connectivity index (χ1v) is 7.14. The molecule has 0 bridgehead atoms. The van der Waals surface area contributed by atoms with E-state index in [2.05, 4.69) is 31.4 Å². The van der Waals surface area contributed by atoms with Crippen molar-refractivity contribution in [2.24, 2.45) is 11.3 Å². The monoisotopic (exact) mass is 300 g/mol. The summed E-state index contributed by atoms with van der Waals surface area (Å²) in [5.74, 6) is -1.73. The first-order chi connectivity index (χ1) is 9.31. The normalized spacial score (nSPS) is 13.4. The van der Waals surface area contributed by atoms with E-state index in [0.717, 1.165) is 6.42 Å². The Labute approximate surface area is 126 Å². The van der Waals surface area contributed by atoms with Crippen LogP contribution in [0.1, 0.15) is 60.8 Å². The zero-order valence-electron chi connectivity index (χ0n) is 13.9. The number of carboxylic acids is 1. The highest BCUT2D eigenvalue weighted by Crippen LogP contribution is 2.26. The molecule has 0 radical (unpaired) electrons. The van der Waals surface area contributed by atoms with Crippen LogP contribution in [0.15, 0.2) is 0 Å². The van der Waals surface area contributed by atoms with Gasteiger partial charge in [-0.15, -0.1) is 0 Å². The SMILES string of the molecule is CC(CC(=O)O)CC(=O)NC(=O)NC(C)(C)CC(C)(C)C. The van der Waals surface area contributed by atoms with Crippen molar-refractivity contribution >= 4 is 17.9 Å². The van der Waals surface area contributed by atoms with Crippen LogP contribution in [0.4, 0.5) is 4.79 Å². The maximum atomic E-state index is 11.8. The summed E-state index contributed by atoms with van der Waals surface area (Å²) >= 11 is 0. The second kappa shape index (κ2) is 7.43. The molecule has 0 aliphatic heterocycles. The van der Waals surface area contributed by atoms with Crippen LogP contribution in [-0.2, 0) is 9.59 Å². The van der Waals surface area contributed by atoms with Crippen molar-refractivity contribution in [1.29, 1.82) is 0 Å². The van der Waals surface area contributed by atoms with Crippen molar-refractivity contribution in [3.8, 4) is 0 Å². The van der Waals surface area contributed by atoms with Gasteiger partial charge in [-0.3, -0.25) is 14.9 Å². The number of hydrogen-bond acceptors (Lipinski definition) is 3. The van der Waals surface area contributed by atoms with Crippen molar-refractivity contribution < 1.29 is 19.5 Å². The molecule has 0 spiro atoms. The highest BCUT2D eigenvalue weighted by atomic mass is 16.4. The number of imide groups is 1. The minimum Gasteiger partial charge on any atom is -0.481 e. The maximum Gasteiger partial charge on any atom is 0.321 e. The third kappa shape index (κ3) is 10.8. The standard InChI is InChI=1S/C15H28N2O4/c1-10(8-12(19)20)7-11(18)16-13(21)17-15(5,6)9-14(2,3)4/h10H,7-9H2,1-6H3,(H,19,20)(H2,16,17,18,21). The molecule has 0 aliphatic rings. The van der Waals surface area contributed by atoms with Gasteiger partial charge in [0.05, 0.1) is 0 Å². The number of nitrogens with one attached hydrogen (secondary N) is 2. The summed E-state index contributed by atoms with van der Waals surface area (Å²) in [7, 11) is 0. The number of carbonyl (C=O) groups is 3. The first kappa shape index (κ1) is 19.4. The Balaban J connectivity index is 4.31. The molecule has 3 N–H and O–H groups in total. The number of amides is 3. The number of urea groups is 1. The Morgan fingerprint density at radius 3 is 2.00 bits per heavy atom. The molecule has 0 aromatic rings. The third-order valence-corrected chi connectivity index (χ3v) is 2.73. The van der Waals surface area contributed by atoms with E-state index in [1.807, 2.05) is 13.8 Å². The third-order valence-electron chi connectivity index (χ3n) is 2.73. The number of aliphatic carboxylic acids is 1. The summed E-state index contributed by atoms with van der Waals surface area (Å²) in [6.45, 7) is 11.7. The molecule has 0 heterocycles. The van der Waals surface area contributed by atoms with Gasteiger partial charge in [-0.25, -0.2) is 4.79 Å². The second-order valence-corrected chi connectivity index (χ2v) is 7.53. The minimum atomic E-state index is -0.953. The molecular weight excluding hydrogens is 272 g/mol. The van der Waals surface area contributed by atoms with E-state index >= 15 is 0 Å². The maximum absolute atomic E-state index is 11.8. The largest absolute Gasteiger partial charge is 0.481 e. The van der Waals surface area contributed by atoms with Crippen LogP contribution < -0.4 is 10.6 Å². The Morgan fingerprint density at radius 1 is 1.05 bits per heavy atom. The summed E-state index contributed by atoms with van der Waals surface area (Å²) in [5.41, 5.74) is -0.383.